The molecule has 1 atom stereocenters. The fourth-order valence-electron chi connectivity index (χ4n) is 3.35. The summed E-state index contributed by atoms with van der Waals surface area (Å²) in [6, 6.07) is 8.99. The monoisotopic (exact) mass is 394 g/mol. The van der Waals surface area contributed by atoms with Gasteiger partial charge in [0.05, 0.1) is 17.4 Å². The molecule has 27 heavy (non-hydrogen) atoms. The van der Waals surface area contributed by atoms with Crippen LogP contribution in [0.3, 0.4) is 0 Å². The number of aryl methyl sites for hydroxylation is 1. The van der Waals surface area contributed by atoms with Crippen molar-refractivity contribution in [2.24, 2.45) is 5.92 Å². The highest BCUT2D eigenvalue weighted by molar-refractivity contribution is 8.00. The summed E-state index contributed by atoms with van der Waals surface area (Å²) in [6.45, 7) is 2.29. The minimum Gasteiger partial charge on any atom is -0.325 e. The van der Waals surface area contributed by atoms with Gasteiger partial charge in [0.1, 0.15) is 16.2 Å². The number of nitrogens with zero attached hydrogens (tertiary/aromatic N) is 3. The summed E-state index contributed by atoms with van der Waals surface area (Å²) < 4.78 is 0. The summed E-state index contributed by atoms with van der Waals surface area (Å²) >= 11 is 3.21. The van der Waals surface area contributed by atoms with Gasteiger partial charge in [-0.05, 0) is 48.9 Å². The van der Waals surface area contributed by atoms with Gasteiger partial charge in [-0.1, -0.05) is 24.8 Å². The molecule has 0 bridgehead atoms. The van der Waals surface area contributed by atoms with E-state index in [-0.39, 0.29) is 11.7 Å². The van der Waals surface area contributed by atoms with Gasteiger partial charge in [-0.25, -0.2) is 9.97 Å². The summed E-state index contributed by atoms with van der Waals surface area (Å²) in [6.07, 6.45) is 4.94. The van der Waals surface area contributed by atoms with E-state index in [2.05, 4.69) is 28.3 Å². The summed E-state index contributed by atoms with van der Waals surface area (Å²) in [5.41, 5.74) is 2.53. The van der Waals surface area contributed by atoms with Crippen molar-refractivity contribution >= 4 is 44.9 Å². The molecule has 1 aliphatic carbocycles. The Bertz CT molecular complexity index is 1050. The minimum atomic E-state index is -0.112. The van der Waals surface area contributed by atoms with Crippen molar-refractivity contribution in [3.8, 4) is 6.07 Å². The van der Waals surface area contributed by atoms with Crippen molar-refractivity contribution in [2.75, 3.05) is 11.1 Å². The average molecular weight is 395 g/mol. The van der Waals surface area contributed by atoms with E-state index in [1.165, 1.54) is 28.6 Å². The van der Waals surface area contributed by atoms with E-state index >= 15 is 0 Å². The zero-order valence-corrected chi connectivity index (χ0v) is 16.5. The van der Waals surface area contributed by atoms with Crippen molar-refractivity contribution in [2.45, 2.75) is 31.2 Å². The lowest BCUT2D eigenvalue weighted by molar-refractivity contribution is -0.113. The number of hydrogen-bond acceptors (Lipinski definition) is 6. The molecule has 4 rings (SSSR count). The summed E-state index contributed by atoms with van der Waals surface area (Å²) in [5, 5.41) is 13.8. The number of nitrogens with one attached hydrogen (secondary N) is 1. The lowest BCUT2D eigenvalue weighted by atomic mass is 9.89. The number of hydrogen-bond donors (Lipinski definition) is 1. The Morgan fingerprint density at radius 3 is 3.19 bits per heavy atom. The molecule has 0 spiro atoms. The Morgan fingerprint density at radius 1 is 1.44 bits per heavy atom. The van der Waals surface area contributed by atoms with Crippen LogP contribution in [0.2, 0.25) is 0 Å². The lowest BCUT2D eigenvalue weighted by Gasteiger charge is -2.18. The third-order valence-corrected chi connectivity index (χ3v) is 6.82. The van der Waals surface area contributed by atoms with E-state index in [9.17, 15) is 4.79 Å². The Hall–Kier alpha value is -2.43. The number of nitriles is 1. The maximum Gasteiger partial charge on any atom is 0.234 e. The molecule has 0 radical (unpaired) electrons. The number of benzene rings is 1. The molecule has 7 heteroatoms. The van der Waals surface area contributed by atoms with E-state index < -0.39 is 0 Å². The zero-order chi connectivity index (χ0) is 18.8. The highest BCUT2D eigenvalue weighted by Crippen LogP contribution is 2.40. The van der Waals surface area contributed by atoms with Crippen molar-refractivity contribution in [1.29, 1.82) is 5.26 Å². The van der Waals surface area contributed by atoms with Gasteiger partial charge in [-0.15, -0.1) is 11.3 Å². The highest BCUT2D eigenvalue weighted by atomic mass is 32.2. The van der Waals surface area contributed by atoms with Crippen LogP contribution in [0, 0.1) is 17.2 Å². The molecule has 1 aliphatic rings. The molecule has 0 unspecified atom stereocenters. The molecule has 1 N–H and O–H groups in total. The van der Waals surface area contributed by atoms with Gasteiger partial charge >= 0.3 is 0 Å². The molecule has 2 heterocycles. The molecule has 0 saturated heterocycles. The second-order valence-electron chi connectivity index (χ2n) is 6.74. The van der Waals surface area contributed by atoms with Crippen LogP contribution in [-0.4, -0.2) is 21.6 Å². The molecule has 136 valence electrons. The fourth-order valence-corrected chi connectivity index (χ4v) is 5.59. The van der Waals surface area contributed by atoms with Crippen LogP contribution in [0.4, 0.5) is 5.69 Å². The Balaban J connectivity index is 1.50. The van der Waals surface area contributed by atoms with Crippen LogP contribution in [0.1, 0.15) is 29.3 Å². The van der Waals surface area contributed by atoms with Crippen molar-refractivity contribution in [3.05, 3.63) is 46.6 Å². The van der Waals surface area contributed by atoms with Crippen LogP contribution in [0.15, 0.2) is 35.6 Å². The van der Waals surface area contributed by atoms with Gasteiger partial charge in [0.15, 0.2) is 0 Å². The average Bonchev–Trinajstić information content (AvgIpc) is 3.04. The van der Waals surface area contributed by atoms with E-state index in [4.69, 9.17) is 5.26 Å². The molecule has 5 nitrogen and oxygen atoms in total. The summed E-state index contributed by atoms with van der Waals surface area (Å²) in [4.78, 5) is 23.7. The first-order valence-electron chi connectivity index (χ1n) is 8.82. The number of rotatable bonds is 4. The van der Waals surface area contributed by atoms with Gasteiger partial charge in [0, 0.05) is 16.0 Å². The largest absolute Gasteiger partial charge is 0.325 e. The first-order valence-corrected chi connectivity index (χ1v) is 10.6. The molecule has 0 aliphatic heterocycles. The van der Waals surface area contributed by atoms with Gasteiger partial charge in [0.25, 0.3) is 0 Å². The van der Waals surface area contributed by atoms with Crippen LogP contribution < -0.4 is 5.32 Å². The van der Waals surface area contributed by atoms with E-state index in [1.807, 2.05) is 0 Å². The second-order valence-corrected chi connectivity index (χ2v) is 8.79. The fraction of sp³-hybridized carbons (Fsp3) is 0.300. The van der Waals surface area contributed by atoms with Gasteiger partial charge < -0.3 is 5.32 Å². The second kappa shape index (κ2) is 7.67. The Kier molecular flexibility index (Phi) is 5.10. The van der Waals surface area contributed by atoms with Crippen LogP contribution in [-0.2, 0) is 17.6 Å². The number of fused-ring (bicyclic) bond motifs is 3. The maximum absolute atomic E-state index is 12.3. The minimum absolute atomic E-state index is 0.112. The SMILES string of the molecule is C[C@@H]1CCc2c(sc3ncnc(SCC(=O)Nc4cccc(C#N)c4)c23)C1. The summed E-state index contributed by atoms with van der Waals surface area (Å²) in [7, 11) is 0. The predicted molar refractivity (Wildman–Crippen MR) is 109 cm³/mol. The van der Waals surface area contributed by atoms with Crippen molar-refractivity contribution in [1.82, 2.24) is 9.97 Å². The highest BCUT2D eigenvalue weighted by Gasteiger charge is 2.23. The third-order valence-electron chi connectivity index (χ3n) is 4.67. The van der Waals surface area contributed by atoms with Crippen molar-refractivity contribution < 1.29 is 4.79 Å². The topological polar surface area (TPSA) is 78.7 Å². The Labute approximate surface area is 165 Å². The van der Waals surface area contributed by atoms with E-state index in [0.29, 0.717) is 17.2 Å². The molecule has 0 fully saturated rings. The zero-order valence-electron chi connectivity index (χ0n) is 14.9. The van der Waals surface area contributed by atoms with Crippen LogP contribution in [0.5, 0.6) is 0 Å². The predicted octanol–water partition coefficient (Wildman–Crippen LogP) is 4.42. The Morgan fingerprint density at radius 2 is 2.33 bits per heavy atom. The quantitative estimate of drug-likeness (QED) is 0.523. The molecule has 2 aromatic heterocycles. The van der Waals surface area contributed by atoms with E-state index in [0.717, 1.165) is 28.1 Å². The van der Waals surface area contributed by atoms with Gasteiger partial charge in [-0.3, -0.25) is 4.79 Å². The molecule has 1 aromatic carbocycles. The van der Waals surface area contributed by atoms with Crippen LogP contribution in [0.25, 0.3) is 10.2 Å². The lowest BCUT2D eigenvalue weighted by Crippen LogP contribution is -2.14. The number of anilines is 1. The summed E-state index contributed by atoms with van der Waals surface area (Å²) in [5.74, 6) is 0.869. The van der Waals surface area contributed by atoms with E-state index in [1.54, 1.807) is 41.9 Å². The smallest absolute Gasteiger partial charge is 0.234 e. The normalized spacial score (nSPS) is 15.9. The van der Waals surface area contributed by atoms with Gasteiger partial charge in [0.2, 0.25) is 5.91 Å². The van der Waals surface area contributed by atoms with Gasteiger partial charge in [-0.2, -0.15) is 5.26 Å². The maximum atomic E-state index is 12.3. The van der Waals surface area contributed by atoms with Crippen molar-refractivity contribution in [3.63, 3.8) is 0 Å². The number of thiophene rings is 1. The number of thioether (sulfide) groups is 1. The first kappa shape index (κ1) is 18.0. The number of carbonyl (C=O) groups is 1. The molecule has 3 aromatic rings. The molecule has 1 amide bonds. The third kappa shape index (κ3) is 3.82. The molecular formula is C20H18N4OS2. The van der Waals surface area contributed by atoms with Crippen LogP contribution >= 0.6 is 23.1 Å². The molecule has 0 saturated carbocycles. The number of amides is 1. The number of aromatic nitrogens is 2. The molecular weight excluding hydrogens is 376 g/mol. The standard InChI is InChI=1S/C20H18N4OS2/c1-12-5-6-15-16(7-12)27-20-18(15)19(22-11-23-20)26-10-17(25)24-14-4-2-3-13(8-14)9-21/h2-4,8,11-12H,5-7,10H2,1H3,(H,24,25)/t12-/m1/s1. The number of carbonyl (C=O) groups excluding carboxylic acids is 1. The first-order chi connectivity index (χ1) is 13.1.